The Labute approximate surface area is 113 Å². The van der Waals surface area contributed by atoms with Crippen molar-refractivity contribution in [3.05, 3.63) is 17.9 Å². The summed E-state index contributed by atoms with van der Waals surface area (Å²) < 4.78 is 27.2. The fourth-order valence-electron chi connectivity index (χ4n) is 2.35. The van der Waals surface area contributed by atoms with E-state index in [9.17, 15) is 13.5 Å². The lowest BCUT2D eigenvalue weighted by Crippen LogP contribution is -2.27. The molecular formula is C12H20N2O4S. The Balaban J connectivity index is 1.75. The van der Waals surface area contributed by atoms with Crippen molar-refractivity contribution >= 4 is 10.0 Å². The van der Waals surface area contributed by atoms with E-state index in [-0.39, 0.29) is 11.2 Å². The molecular weight excluding hydrogens is 268 g/mol. The van der Waals surface area contributed by atoms with E-state index in [1.807, 2.05) is 0 Å². The fourth-order valence-corrected chi connectivity index (χ4v) is 2.84. The first-order chi connectivity index (χ1) is 8.95. The van der Waals surface area contributed by atoms with Gasteiger partial charge in [-0.15, -0.1) is 0 Å². The van der Waals surface area contributed by atoms with Gasteiger partial charge in [0.1, 0.15) is 5.76 Å². The van der Waals surface area contributed by atoms with Crippen molar-refractivity contribution in [1.82, 2.24) is 5.32 Å². The third-order valence-electron chi connectivity index (χ3n) is 3.47. The number of hydrogen-bond donors (Lipinski definition) is 3. The lowest BCUT2D eigenvalue weighted by Gasteiger charge is -2.25. The maximum Gasteiger partial charge on any atom is 0.271 e. The van der Waals surface area contributed by atoms with Crippen molar-refractivity contribution < 1.29 is 17.9 Å². The van der Waals surface area contributed by atoms with Gasteiger partial charge in [0.25, 0.3) is 10.0 Å². The number of nitrogens with two attached hydrogens (primary N) is 1. The summed E-state index contributed by atoms with van der Waals surface area (Å²) in [6.07, 6.45) is 3.63. The molecule has 108 valence electrons. The molecule has 0 aliphatic heterocycles. The molecule has 0 aromatic carbocycles. The summed E-state index contributed by atoms with van der Waals surface area (Å²) in [6, 6.07) is 2.97. The van der Waals surface area contributed by atoms with E-state index in [0.29, 0.717) is 18.2 Å². The van der Waals surface area contributed by atoms with Gasteiger partial charge >= 0.3 is 0 Å². The van der Waals surface area contributed by atoms with Crippen molar-refractivity contribution in [3.8, 4) is 0 Å². The average molecular weight is 288 g/mol. The van der Waals surface area contributed by atoms with Crippen LogP contribution in [0.3, 0.4) is 0 Å². The van der Waals surface area contributed by atoms with E-state index < -0.39 is 10.0 Å². The second kappa shape index (κ2) is 6.04. The number of furan rings is 1. The monoisotopic (exact) mass is 288 g/mol. The number of sulfonamides is 1. The second-order valence-electron chi connectivity index (χ2n) is 5.07. The quantitative estimate of drug-likeness (QED) is 0.734. The van der Waals surface area contributed by atoms with Crippen molar-refractivity contribution in [1.29, 1.82) is 0 Å². The minimum atomic E-state index is -3.76. The summed E-state index contributed by atoms with van der Waals surface area (Å²) in [5.41, 5.74) is 0. The smallest absolute Gasteiger partial charge is 0.271 e. The van der Waals surface area contributed by atoms with Crippen molar-refractivity contribution in [2.24, 2.45) is 11.1 Å². The lowest BCUT2D eigenvalue weighted by molar-refractivity contribution is 0.108. The standard InChI is InChI=1S/C12H20N2O4S/c13-19(16,17)12-6-5-11(18-12)8-14-7-9-1-3-10(15)4-2-9/h5-6,9-10,14-15H,1-4,7-8H2,(H2,13,16,17). The highest BCUT2D eigenvalue weighted by molar-refractivity contribution is 7.89. The van der Waals surface area contributed by atoms with E-state index in [1.54, 1.807) is 6.07 Å². The third-order valence-corrected chi connectivity index (χ3v) is 4.25. The van der Waals surface area contributed by atoms with Gasteiger partial charge in [-0.05, 0) is 50.3 Å². The van der Waals surface area contributed by atoms with Crippen LogP contribution in [0.1, 0.15) is 31.4 Å². The fraction of sp³-hybridized carbons (Fsp3) is 0.667. The van der Waals surface area contributed by atoms with E-state index in [1.165, 1.54) is 6.07 Å². The number of hydrogen-bond acceptors (Lipinski definition) is 5. The van der Waals surface area contributed by atoms with Crippen LogP contribution in [0.15, 0.2) is 21.6 Å². The van der Waals surface area contributed by atoms with Gasteiger partial charge in [0, 0.05) is 0 Å². The molecule has 0 spiro atoms. The second-order valence-corrected chi connectivity index (χ2v) is 6.56. The predicted molar refractivity (Wildman–Crippen MR) is 69.8 cm³/mol. The molecule has 0 unspecified atom stereocenters. The van der Waals surface area contributed by atoms with Gasteiger partial charge < -0.3 is 14.8 Å². The molecule has 1 fully saturated rings. The zero-order valence-corrected chi connectivity index (χ0v) is 11.5. The van der Waals surface area contributed by atoms with Gasteiger partial charge in [-0.2, -0.15) is 0 Å². The zero-order valence-electron chi connectivity index (χ0n) is 10.7. The first-order valence-electron chi connectivity index (χ1n) is 6.45. The van der Waals surface area contributed by atoms with Gasteiger partial charge in [-0.1, -0.05) is 0 Å². The zero-order chi connectivity index (χ0) is 13.9. The van der Waals surface area contributed by atoms with Crippen LogP contribution in [0.2, 0.25) is 0 Å². The minimum absolute atomic E-state index is 0.140. The van der Waals surface area contributed by atoms with E-state index in [2.05, 4.69) is 5.32 Å². The average Bonchev–Trinajstić information content (AvgIpc) is 2.80. The van der Waals surface area contributed by atoms with Crippen LogP contribution in [-0.4, -0.2) is 26.2 Å². The number of aliphatic hydroxyl groups is 1. The molecule has 0 amide bonds. The maximum absolute atomic E-state index is 11.0. The van der Waals surface area contributed by atoms with Gasteiger partial charge in [0.05, 0.1) is 12.6 Å². The summed E-state index contributed by atoms with van der Waals surface area (Å²) >= 11 is 0. The number of rotatable bonds is 5. The van der Waals surface area contributed by atoms with Crippen molar-refractivity contribution in [2.45, 2.75) is 43.4 Å². The molecule has 0 atom stereocenters. The molecule has 1 aromatic heterocycles. The Kier molecular flexibility index (Phi) is 4.62. The van der Waals surface area contributed by atoms with Crippen molar-refractivity contribution in [3.63, 3.8) is 0 Å². The van der Waals surface area contributed by atoms with Crippen LogP contribution in [0, 0.1) is 5.92 Å². The molecule has 1 aromatic rings. The summed E-state index contributed by atoms with van der Waals surface area (Å²) in [5, 5.41) is 17.4. The van der Waals surface area contributed by atoms with E-state index in [4.69, 9.17) is 9.56 Å². The van der Waals surface area contributed by atoms with Crippen LogP contribution in [0.4, 0.5) is 0 Å². The third kappa shape index (κ3) is 4.31. The normalized spacial score (nSPS) is 24.5. The highest BCUT2D eigenvalue weighted by Gasteiger charge is 2.19. The molecule has 0 radical (unpaired) electrons. The number of aliphatic hydroxyl groups excluding tert-OH is 1. The molecule has 0 saturated heterocycles. The summed E-state index contributed by atoms with van der Waals surface area (Å²) in [4.78, 5) is 0. The Morgan fingerprint density at radius 3 is 2.58 bits per heavy atom. The maximum atomic E-state index is 11.0. The van der Waals surface area contributed by atoms with E-state index >= 15 is 0 Å². The molecule has 1 heterocycles. The summed E-state index contributed by atoms with van der Waals surface area (Å²) in [6.45, 7) is 1.33. The van der Waals surface area contributed by atoms with Crippen LogP contribution in [0.25, 0.3) is 0 Å². The molecule has 6 nitrogen and oxygen atoms in total. The lowest BCUT2D eigenvalue weighted by atomic mass is 9.87. The first-order valence-corrected chi connectivity index (χ1v) is 8.00. The minimum Gasteiger partial charge on any atom is -0.447 e. The van der Waals surface area contributed by atoms with Crippen LogP contribution in [0.5, 0.6) is 0 Å². The van der Waals surface area contributed by atoms with Gasteiger partial charge in [-0.25, -0.2) is 13.6 Å². The van der Waals surface area contributed by atoms with Gasteiger partial charge in [-0.3, -0.25) is 0 Å². The van der Waals surface area contributed by atoms with Gasteiger partial charge in [0.2, 0.25) is 5.09 Å². The predicted octanol–water partition coefficient (Wildman–Crippen LogP) is 0.568. The Morgan fingerprint density at radius 1 is 1.32 bits per heavy atom. The molecule has 7 heteroatoms. The molecule has 1 saturated carbocycles. The number of primary sulfonamides is 1. The highest BCUT2D eigenvalue weighted by Crippen LogP contribution is 2.23. The summed E-state index contributed by atoms with van der Waals surface area (Å²) in [5.74, 6) is 1.12. The first kappa shape index (κ1) is 14.5. The van der Waals surface area contributed by atoms with Crippen LogP contribution in [-0.2, 0) is 16.6 Å². The summed E-state index contributed by atoms with van der Waals surface area (Å²) in [7, 11) is -3.76. The highest BCUT2D eigenvalue weighted by atomic mass is 32.2. The van der Waals surface area contributed by atoms with Gasteiger partial charge in [0.15, 0.2) is 0 Å². The topological polar surface area (TPSA) is 106 Å². The van der Waals surface area contributed by atoms with Crippen LogP contribution < -0.4 is 10.5 Å². The molecule has 0 bridgehead atoms. The van der Waals surface area contributed by atoms with Crippen molar-refractivity contribution in [2.75, 3.05) is 6.54 Å². The van der Waals surface area contributed by atoms with Crippen LogP contribution >= 0.6 is 0 Å². The van der Waals surface area contributed by atoms with E-state index in [0.717, 1.165) is 32.2 Å². The Hall–Kier alpha value is -0.890. The Bertz CT molecular complexity index is 504. The molecule has 2 rings (SSSR count). The molecule has 4 N–H and O–H groups in total. The molecule has 1 aliphatic rings. The molecule has 19 heavy (non-hydrogen) atoms. The molecule has 1 aliphatic carbocycles. The number of nitrogens with one attached hydrogen (secondary N) is 1. The Morgan fingerprint density at radius 2 is 2.00 bits per heavy atom. The largest absolute Gasteiger partial charge is 0.447 e. The SMILES string of the molecule is NS(=O)(=O)c1ccc(CNCC2CCC(O)CC2)o1.